The van der Waals surface area contributed by atoms with Gasteiger partial charge in [0, 0.05) is 31.9 Å². The molecular formula is C17H23N5O2. The minimum absolute atomic E-state index is 0.0547. The average Bonchev–Trinajstić information content (AvgIpc) is 2.96. The Morgan fingerprint density at radius 2 is 1.96 bits per heavy atom. The normalized spacial score (nSPS) is 21.4. The van der Waals surface area contributed by atoms with Crippen molar-refractivity contribution in [2.75, 3.05) is 38.0 Å². The van der Waals surface area contributed by atoms with Crippen molar-refractivity contribution in [3.8, 4) is 0 Å². The van der Waals surface area contributed by atoms with Crippen LogP contribution in [0.3, 0.4) is 0 Å². The lowest BCUT2D eigenvalue weighted by Crippen LogP contribution is -2.51. The van der Waals surface area contributed by atoms with Gasteiger partial charge in [0.2, 0.25) is 11.9 Å². The lowest BCUT2D eigenvalue weighted by molar-refractivity contribution is -0.124. The first kappa shape index (κ1) is 16.4. The van der Waals surface area contributed by atoms with Crippen LogP contribution in [0.1, 0.15) is 13.3 Å². The van der Waals surface area contributed by atoms with E-state index in [0.717, 1.165) is 38.4 Å². The number of nitrogens with zero attached hydrogens (tertiary/aromatic N) is 3. The summed E-state index contributed by atoms with van der Waals surface area (Å²) in [5, 5.41) is 5.60. The summed E-state index contributed by atoms with van der Waals surface area (Å²) < 4.78 is 0. The van der Waals surface area contributed by atoms with E-state index < -0.39 is 6.04 Å². The van der Waals surface area contributed by atoms with Crippen LogP contribution in [0, 0.1) is 0 Å². The third-order valence-electron chi connectivity index (χ3n) is 4.37. The number of carbonyl (C=O) groups excluding carboxylic acids is 2. The summed E-state index contributed by atoms with van der Waals surface area (Å²) in [7, 11) is 0. The Morgan fingerprint density at radius 3 is 2.62 bits per heavy atom. The van der Waals surface area contributed by atoms with Gasteiger partial charge in [0.15, 0.2) is 0 Å². The fourth-order valence-electron chi connectivity index (χ4n) is 2.92. The lowest BCUT2D eigenvalue weighted by Gasteiger charge is -2.34. The van der Waals surface area contributed by atoms with Crippen molar-refractivity contribution in [2.45, 2.75) is 19.4 Å². The zero-order valence-electron chi connectivity index (χ0n) is 13.9. The highest BCUT2D eigenvalue weighted by Gasteiger charge is 2.32. The van der Waals surface area contributed by atoms with Crippen LogP contribution in [0.15, 0.2) is 35.3 Å². The van der Waals surface area contributed by atoms with E-state index in [9.17, 15) is 9.59 Å². The van der Waals surface area contributed by atoms with Crippen molar-refractivity contribution in [1.82, 2.24) is 15.1 Å². The molecule has 1 aromatic rings. The first-order chi connectivity index (χ1) is 11.7. The SMILES string of the molecule is CCN1CCN(C2=NC(CC(=O)Nc3ccccc3)C(=O)N2)CC1. The van der Waals surface area contributed by atoms with E-state index in [1.807, 2.05) is 30.3 Å². The van der Waals surface area contributed by atoms with E-state index in [-0.39, 0.29) is 18.2 Å². The van der Waals surface area contributed by atoms with Crippen LogP contribution in [-0.2, 0) is 9.59 Å². The second-order valence-corrected chi connectivity index (χ2v) is 6.00. The Balaban J connectivity index is 1.55. The largest absolute Gasteiger partial charge is 0.340 e. The van der Waals surface area contributed by atoms with Gasteiger partial charge in [-0.2, -0.15) is 0 Å². The maximum atomic E-state index is 12.1. The maximum absolute atomic E-state index is 12.1. The molecule has 7 heteroatoms. The van der Waals surface area contributed by atoms with Crippen LogP contribution in [0.4, 0.5) is 5.69 Å². The van der Waals surface area contributed by atoms with Crippen molar-refractivity contribution in [3.05, 3.63) is 30.3 Å². The van der Waals surface area contributed by atoms with E-state index in [1.165, 1.54) is 0 Å². The van der Waals surface area contributed by atoms with Crippen molar-refractivity contribution in [1.29, 1.82) is 0 Å². The number of hydrogen-bond acceptors (Lipinski definition) is 5. The highest BCUT2D eigenvalue weighted by molar-refractivity contribution is 6.07. The Labute approximate surface area is 141 Å². The molecule has 2 amide bonds. The number of likely N-dealkylation sites (N-methyl/N-ethyl adjacent to an activating group) is 1. The number of piperazine rings is 1. The predicted octanol–water partition coefficient (Wildman–Crippen LogP) is 0.507. The van der Waals surface area contributed by atoms with Gasteiger partial charge in [-0.05, 0) is 18.7 Å². The molecular weight excluding hydrogens is 306 g/mol. The molecule has 2 aliphatic heterocycles. The summed E-state index contributed by atoms with van der Waals surface area (Å²) in [6.07, 6.45) is 0.0547. The van der Waals surface area contributed by atoms with Crippen molar-refractivity contribution < 1.29 is 9.59 Å². The summed E-state index contributed by atoms with van der Waals surface area (Å²) in [5.74, 6) is 0.196. The van der Waals surface area contributed by atoms with E-state index in [0.29, 0.717) is 5.96 Å². The Kier molecular flexibility index (Phi) is 5.10. The van der Waals surface area contributed by atoms with Gasteiger partial charge in [-0.25, -0.2) is 4.99 Å². The smallest absolute Gasteiger partial charge is 0.252 e. The van der Waals surface area contributed by atoms with Crippen LogP contribution >= 0.6 is 0 Å². The fourth-order valence-corrected chi connectivity index (χ4v) is 2.92. The molecule has 0 radical (unpaired) electrons. The molecule has 1 atom stereocenters. The molecule has 0 spiro atoms. The number of aliphatic imine (C=N–C) groups is 1. The van der Waals surface area contributed by atoms with E-state index >= 15 is 0 Å². The third kappa shape index (κ3) is 3.91. The Morgan fingerprint density at radius 1 is 1.25 bits per heavy atom. The molecule has 1 saturated heterocycles. The third-order valence-corrected chi connectivity index (χ3v) is 4.37. The minimum atomic E-state index is -0.645. The van der Waals surface area contributed by atoms with Crippen molar-refractivity contribution in [2.24, 2.45) is 4.99 Å². The summed E-state index contributed by atoms with van der Waals surface area (Å²) >= 11 is 0. The van der Waals surface area contributed by atoms with Gasteiger partial charge < -0.3 is 15.1 Å². The first-order valence-corrected chi connectivity index (χ1v) is 8.36. The molecule has 1 unspecified atom stereocenters. The summed E-state index contributed by atoms with van der Waals surface area (Å²) in [6, 6.07) is 8.57. The molecule has 0 aliphatic carbocycles. The molecule has 0 bridgehead atoms. The number of anilines is 1. The van der Waals surface area contributed by atoms with Crippen LogP contribution in [0.2, 0.25) is 0 Å². The quantitative estimate of drug-likeness (QED) is 0.844. The number of carbonyl (C=O) groups is 2. The number of para-hydroxylation sites is 1. The number of amides is 2. The fraction of sp³-hybridized carbons (Fsp3) is 0.471. The molecule has 2 aliphatic rings. The zero-order valence-corrected chi connectivity index (χ0v) is 13.9. The first-order valence-electron chi connectivity index (χ1n) is 8.36. The van der Waals surface area contributed by atoms with Gasteiger partial charge in [0.1, 0.15) is 6.04 Å². The molecule has 1 fully saturated rings. The van der Waals surface area contributed by atoms with Gasteiger partial charge in [-0.3, -0.25) is 14.9 Å². The van der Waals surface area contributed by atoms with Gasteiger partial charge in [-0.15, -0.1) is 0 Å². The predicted molar refractivity (Wildman–Crippen MR) is 92.7 cm³/mol. The van der Waals surface area contributed by atoms with E-state index in [4.69, 9.17) is 0 Å². The molecule has 2 N–H and O–H groups in total. The van der Waals surface area contributed by atoms with Gasteiger partial charge >= 0.3 is 0 Å². The van der Waals surface area contributed by atoms with E-state index in [2.05, 4.69) is 32.3 Å². The number of rotatable bonds is 4. The second-order valence-electron chi connectivity index (χ2n) is 6.00. The summed E-state index contributed by atoms with van der Waals surface area (Å²) in [4.78, 5) is 33.1. The molecule has 128 valence electrons. The van der Waals surface area contributed by atoms with Crippen molar-refractivity contribution in [3.63, 3.8) is 0 Å². The standard InChI is InChI=1S/C17H23N5O2/c1-2-21-8-10-22(11-9-21)17-19-14(16(24)20-17)12-15(23)18-13-6-4-3-5-7-13/h3-7,14H,2,8-12H2,1H3,(H,18,23)(H,19,20,24). The number of nitrogens with one attached hydrogen (secondary N) is 2. The monoisotopic (exact) mass is 329 g/mol. The molecule has 2 heterocycles. The number of hydrogen-bond donors (Lipinski definition) is 2. The van der Waals surface area contributed by atoms with Gasteiger partial charge in [0.25, 0.3) is 5.91 Å². The van der Waals surface area contributed by atoms with Gasteiger partial charge in [0.05, 0.1) is 6.42 Å². The highest BCUT2D eigenvalue weighted by atomic mass is 16.2. The molecule has 3 rings (SSSR count). The minimum Gasteiger partial charge on any atom is -0.340 e. The highest BCUT2D eigenvalue weighted by Crippen LogP contribution is 2.12. The molecule has 24 heavy (non-hydrogen) atoms. The summed E-state index contributed by atoms with van der Waals surface area (Å²) in [5.41, 5.74) is 0.723. The number of benzene rings is 1. The lowest BCUT2D eigenvalue weighted by atomic mass is 10.2. The number of guanidine groups is 1. The second kappa shape index (κ2) is 7.44. The molecule has 1 aromatic carbocycles. The summed E-state index contributed by atoms with van der Waals surface area (Å²) in [6.45, 7) is 6.79. The molecule has 0 aromatic heterocycles. The van der Waals surface area contributed by atoms with Gasteiger partial charge in [-0.1, -0.05) is 25.1 Å². The van der Waals surface area contributed by atoms with Crippen LogP contribution in [0.25, 0.3) is 0 Å². The van der Waals surface area contributed by atoms with Crippen LogP contribution in [0.5, 0.6) is 0 Å². The zero-order chi connectivity index (χ0) is 16.9. The maximum Gasteiger partial charge on any atom is 0.252 e. The van der Waals surface area contributed by atoms with Crippen molar-refractivity contribution >= 4 is 23.5 Å². The Hall–Kier alpha value is -2.41. The molecule has 7 nitrogen and oxygen atoms in total. The Bertz CT molecular complexity index is 623. The van der Waals surface area contributed by atoms with Crippen LogP contribution < -0.4 is 10.6 Å². The average molecular weight is 329 g/mol. The molecule has 0 saturated carbocycles. The topological polar surface area (TPSA) is 77.0 Å². The van der Waals surface area contributed by atoms with E-state index in [1.54, 1.807) is 0 Å². The van der Waals surface area contributed by atoms with Crippen LogP contribution in [-0.4, -0.2) is 66.3 Å².